The van der Waals surface area contributed by atoms with E-state index in [1.54, 1.807) is 7.11 Å². The molecule has 0 aromatic heterocycles. The van der Waals surface area contributed by atoms with Crippen molar-refractivity contribution in [1.29, 1.82) is 0 Å². The lowest BCUT2D eigenvalue weighted by atomic mass is 10.3. The summed E-state index contributed by atoms with van der Waals surface area (Å²) in [6.07, 6.45) is 1.08. The van der Waals surface area contributed by atoms with Gasteiger partial charge in [-0.1, -0.05) is 0 Å². The fourth-order valence-electron chi connectivity index (χ4n) is 1.85. The predicted molar refractivity (Wildman–Crippen MR) is 61.4 cm³/mol. The standard InChI is InChI=1S/C11H22N2O3/c1-15-9-3-4-12-5-7-13(8-6-12)10-11(14)16-2/h3-10H2,1-2H3. The number of methoxy groups -OCH3 is 2. The van der Waals surface area contributed by atoms with Crippen LogP contribution >= 0.6 is 0 Å². The van der Waals surface area contributed by atoms with Crippen LogP contribution in [0.5, 0.6) is 0 Å². The van der Waals surface area contributed by atoms with Crippen LogP contribution in [0, 0.1) is 0 Å². The molecule has 5 heteroatoms. The highest BCUT2D eigenvalue weighted by Gasteiger charge is 2.18. The van der Waals surface area contributed by atoms with E-state index < -0.39 is 0 Å². The van der Waals surface area contributed by atoms with E-state index in [4.69, 9.17) is 4.74 Å². The molecular weight excluding hydrogens is 208 g/mol. The molecule has 0 aromatic rings. The van der Waals surface area contributed by atoms with Gasteiger partial charge in [-0.2, -0.15) is 0 Å². The number of carbonyl (C=O) groups is 1. The number of nitrogens with zero attached hydrogens (tertiary/aromatic N) is 2. The molecule has 0 spiro atoms. The van der Waals surface area contributed by atoms with E-state index in [1.165, 1.54) is 7.11 Å². The third-order valence-electron chi connectivity index (χ3n) is 2.87. The molecule has 0 unspecified atom stereocenters. The van der Waals surface area contributed by atoms with E-state index in [0.29, 0.717) is 6.54 Å². The van der Waals surface area contributed by atoms with Crippen LogP contribution in [-0.2, 0) is 14.3 Å². The normalized spacial score (nSPS) is 18.6. The van der Waals surface area contributed by atoms with Crippen LogP contribution in [0.25, 0.3) is 0 Å². The third-order valence-corrected chi connectivity index (χ3v) is 2.87. The summed E-state index contributed by atoms with van der Waals surface area (Å²) in [6.45, 7) is 6.27. The van der Waals surface area contributed by atoms with Crippen LogP contribution in [0.15, 0.2) is 0 Å². The molecule has 0 amide bonds. The van der Waals surface area contributed by atoms with Gasteiger partial charge in [-0.25, -0.2) is 0 Å². The minimum atomic E-state index is -0.146. The van der Waals surface area contributed by atoms with Crippen molar-refractivity contribution in [2.75, 3.05) is 60.1 Å². The number of hydrogen-bond donors (Lipinski definition) is 0. The van der Waals surface area contributed by atoms with Gasteiger partial charge >= 0.3 is 5.97 Å². The number of hydrogen-bond acceptors (Lipinski definition) is 5. The summed E-state index contributed by atoms with van der Waals surface area (Å²) in [5.74, 6) is -0.146. The first-order chi connectivity index (χ1) is 7.76. The topological polar surface area (TPSA) is 42.0 Å². The summed E-state index contributed by atoms with van der Waals surface area (Å²) in [4.78, 5) is 15.6. The van der Waals surface area contributed by atoms with Gasteiger partial charge in [0.2, 0.25) is 0 Å². The molecule has 0 N–H and O–H groups in total. The molecule has 1 fully saturated rings. The first kappa shape index (κ1) is 13.4. The van der Waals surface area contributed by atoms with Crippen molar-refractivity contribution in [3.8, 4) is 0 Å². The molecule has 94 valence electrons. The average molecular weight is 230 g/mol. The van der Waals surface area contributed by atoms with Crippen LogP contribution < -0.4 is 0 Å². The Morgan fingerprint density at radius 2 is 1.75 bits per heavy atom. The molecular formula is C11H22N2O3. The van der Waals surface area contributed by atoms with Gasteiger partial charge in [-0.05, 0) is 6.42 Å². The van der Waals surface area contributed by atoms with Gasteiger partial charge in [0, 0.05) is 46.4 Å². The summed E-state index contributed by atoms with van der Waals surface area (Å²) >= 11 is 0. The Morgan fingerprint density at radius 1 is 1.12 bits per heavy atom. The van der Waals surface area contributed by atoms with E-state index >= 15 is 0 Å². The third kappa shape index (κ3) is 4.92. The number of rotatable bonds is 6. The molecule has 0 aromatic carbocycles. The minimum absolute atomic E-state index is 0.146. The van der Waals surface area contributed by atoms with Crippen molar-refractivity contribution in [1.82, 2.24) is 9.80 Å². The maximum Gasteiger partial charge on any atom is 0.319 e. The van der Waals surface area contributed by atoms with E-state index in [0.717, 1.165) is 45.8 Å². The monoisotopic (exact) mass is 230 g/mol. The van der Waals surface area contributed by atoms with Crippen LogP contribution in [0.4, 0.5) is 0 Å². The van der Waals surface area contributed by atoms with Gasteiger partial charge in [0.25, 0.3) is 0 Å². The quantitative estimate of drug-likeness (QED) is 0.467. The summed E-state index contributed by atoms with van der Waals surface area (Å²) in [5, 5.41) is 0. The van der Waals surface area contributed by atoms with Crippen LogP contribution in [0.1, 0.15) is 6.42 Å². The lowest BCUT2D eigenvalue weighted by molar-refractivity contribution is -0.142. The van der Waals surface area contributed by atoms with Crippen LogP contribution in [-0.4, -0.2) is 75.9 Å². The molecule has 0 radical (unpaired) electrons. The van der Waals surface area contributed by atoms with Crippen molar-refractivity contribution < 1.29 is 14.3 Å². The minimum Gasteiger partial charge on any atom is -0.468 e. The Balaban J connectivity index is 2.11. The van der Waals surface area contributed by atoms with Gasteiger partial charge in [0.1, 0.15) is 0 Å². The molecule has 5 nitrogen and oxygen atoms in total. The van der Waals surface area contributed by atoms with Crippen LogP contribution in [0.3, 0.4) is 0 Å². The van der Waals surface area contributed by atoms with Crippen LogP contribution in [0.2, 0.25) is 0 Å². The lowest BCUT2D eigenvalue weighted by Crippen LogP contribution is -2.48. The smallest absolute Gasteiger partial charge is 0.319 e. The number of esters is 1. The van der Waals surface area contributed by atoms with Crippen molar-refractivity contribution in [3.63, 3.8) is 0 Å². The molecule has 16 heavy (non-hydrogen) atoms. The van der Waals surface area contributed by atoms with E-state index in [-0.39, 0.29) is 5.97 Å². The zero-order chi connectivity index (χ0) is 11.8. The highest BCUT2D eigenvalue weighted by molar-refractivity contribution is 5.71. The van der Waals surface area contributed by atoms with Crippen molar-refractivity contribution >= 4 is 5.97 Å². The van der Waals surface area contributed by atoms with Gasteiger partial charge in [-0.3, -0.25) is 9.69 Å². The predicted octanol–water partition coefficient (Wildman–Crippen LogP) is -0.186. The molecule has 0 bridgehead atoms. The molecule has 1 saturated heterocycles. The second kappa shape index (κ2) is 7.60. The van der Waals surface area contributed by atoms with E-state index in [1.807, 2.05) is 0 Å². The molecule has 0 saturated carbocycles. The van der Waals surface area contributed by atoms with Gasteiger partial charge in [-0.15, -0.1) is 0 Å². The molecule has 1 rings (SSSR count). The van der Waals surface area contributed by atoms with Crippen molar-refractivity contribution in [3.05, 3.63) is 0 Å². The van der Waals surface area contributed by atoms with Gasteiger partial charge in [0.15, 0.2) is 0 Å². The van der Waals surface area contributed by atoms with Crippen molar-refractivity contribution in [2.24, 2.45) is 0 Å². The van der Waals surface area contributed by atoms with Crippen molar-refractivity contribution in [2.45, 2.75) is 6.42 Å². The number of ether oxygens (including phenoxy) is 2. The fraction of sp³-hybridized carbons (Fsp3) is 0.909. The lowest BCUT2D eigenvalue weighted by Gasteiger charge is -2.33. The SMILES string of the molecule is COCCCN1CCN(CC(=O)OC)CC1. The average Bonchev–Trinajstić information content (AvgIpc) is 2.31. The highest BCUT2D eigenvalue weighted by Crippen LogP contribution is 2.02. The fourth-order valence-corrected chi connectivity index (χ4v) is 1.85. The Kier molecular flexibility index (Phi) is 6.37. The van der Waals surface area contributed by atoms with E-state index in [9.17, 15) is 4.79 Å². The molecule has 1 heterocycles. The van der Waals surface area contributed by atoms with Gasteiger partial charge < -0.3 is 14.4 Å². The Morgan fingerprint density at radius 3 is 2.31 bits per heavy atom. The number of piperazine rings is 1. The number of carbonyl (C=O) groups excluding carboxylic acids is 1. The molecule has 1 aliphatic rings. The highest BCUT2D eigenvalue weighted by atomic mass is 16.5. The maximum atomic E-state index is 11.1. The van der Waals surface area contributed by atoms with E-state index in [2.05, 4.69) is 14.5 Å². The molecule has 0 aliphatic carbocycles. The Labute approximate surface area is 97.3 Å². The zero-order valence-corrected chi connectivity index (χ0v) is 10.3. The summed E-state index contributed by atoms with van der Waals surface area (Å²) in [6, 6.07) is 0. The second-order valence-corrected chi connectivity index (χ2v) is 4.04. The Hall–Kier alpha value is -0.650. The molecule has 0 atom stereocenters. The summed E-state index contributed by atoms with van der Waals surface area (Å²) in [5.41, 5.74) is 0. The zero-order valence-electron chi connectivity index (χ0n) is 10.3. The first-order valence-corrected chi connectivity index (χ1v) is 5.76. The summed E-state index contributed by atoms with van der Waals surface area (Å²) < 4.78 is 9.67. The first-order valence-electron chi connectivity index (χ1n) is 5.76. The second-order valence-electron chi connectivity index (χ2n) is 4.04. The largest absolute Gasteiger partial charge is 0.468 e. The Bertz CT molecular complexity index is 203. The van der Waals surface area contributed by atoms with Gasteiger partial charge in [0.05, 0.1) is 13.7 Å². The summed E-state index contributed by atoms with van der Waals surface area (Å²) in [7, 11) is 3.16. The molecule has 1 aliphatic heterocycles. The maximum absolute atomic E-state index is 11.1.